The van der Waals surface area contributed by atoms with E-state index in [0.717, 1.165) is 31.5 Å². The Bertz CT molecular complexity index is 200. The molecule has 1 fully saturated rings. The highest BCUT2D eigenvalue weighted by molar-refractivity contribution is 5.49. The zero-order valence-electron chi connectivity index (χ0n) is 7.20. The number of fused-ring (bicyclic) bond motifs is 2. The fraction of sp³-hybridized carbons (Fsp3) is 0.700. The first-order valence-corrected chi connectivity index (χ1v) is 4.78. The van der Waals surface area contributed by atoms with E-state index < -0.39 is 0 Å². The van der Waals surface area contributed by atoms with Crippen LogP contribution in [0.2, 0.25) is 0 Å². The van der Waals surface area contributed by atoms with E-state index in [2.05, 4.69) is 17.5 Å². The van der Waals surface area contributed by atoms with Gasteiger partial charge in [-0.05, 0) is 25.2 Å². The maximum atomic E-state index is 10.1. The topological polar surface area (TPSA) is 29.1 Å². The minimum atomic E-state index is 0.635. The molecule has 0 aromatic rings. The van der Waals surface area contributed by atoms with Crippen molar-refractivity contribution >= 4 is 6.29 Å². The maximum absolute atomic E-state index is 10.1. The highest BCUT2D eigenvalue weighted by atomic mass is 16.1. The molecule has 2 bridgehead atoms. The smallest absolute Gasteiger partial charge is 0.119 e. The zero-order chi connectivity index (χ0) is 8.39. The molecular formula is C10H15NO. The molecular weight excluding hydrogens is 150 g/mol. The van der Waals surface area contributed by atoms with Crippen LogP contribution in [0.3, 0.4) is 0 Å². The summed E-state index contributed by atoms with van der Waals surface area (Å²) in [6, 6.07) is 1.29. The second-order valence-corrected chi connectivity index (χ2v) is 3.76. The lowest BCUT2D eigenvalue weighted by Gasteiger charge is -2.18. The van der Waals surface area contributed by atoms with Crippen molar-refractivity contribution in [3.05, 3.63) is 12.2 Å². The highest BCUT2D eigenvalue weighted by Crippen LogP contribution is 2.31. The lowest BCUT2D eigenvalue weighted by molar-refractivity contribution is -0.107. The van der Waals surface area contributed by atoms with Crippen LogP contribution in [0.4, 0.5) is 0 Å². The average molecular weight is 165 g/mol. The lowest BCUT2D eigenvalue weighted by atomic mass is 9.98. The van der Waals surface area contributed by atoms with E-state index >= 15 is 0 Å². The summed E-state index contributed by atoms with van der Waals surface area (Å²) in [6.07, 6.45) is 9.81. The van der Waals surface area contributed by atoms with Crippen LogP contribution >= 0.6 is 0 Å². The molecule has 0 aromatic heterocycles. The fourth-order valence-corrected chi connectivity index (χ4v) is 2.27. The molecule has 1 saturated heterocycles. The molecule has 66 valence electrons. The largest absolute Gasteiger partial charge is 0.307 e. The van der Waals surface area contributed by atoms with Gasteiger partial charge in [-0.25, -0.2) is 0 Å². The number of carbonyl (C=O) groups excluding carboxylic acids is 1. The van der Waals surface area contributed by atoms with E-state index in [4.69, 9.17) is 0 Å². The van der Waals surface area contributed by atoms with E-state index in [1.807, 2.05) is 0 Å². The molecule has 1 heterocycles. The van der Waals surface area contributed by atoms with Crippen molar-refractivity contribution in [2.45, 2.75) is 37.8 Å². The van der Waals surface area contributed by atoms with Crippen LogP contribution in [0.25, 0.3) is 0 Å². The number of nitrogens with one attached hydrogen (secondary N) is 1. The van der Waals surface area contributed by atoms with Crippen molar-refractivity contribution in [2.24, 2.45) is 5.92 Å². The standard InChI is InChI=1S/C10H15NO/c12-6-2-1-3-10-8-4-5-9(7-8)11-10/h4-6,8-11H,1-3,7H2. The third-order valence-corrected chi connectivity index (χ3v) is 2.90. The predicted molar refractivity (Wildman–Crippen MR) is 47.9 cm³/mol. The Hall–Kier alpha value is -0.630. The van der Waals surface area contributed by atoms with Gasteiger partial charge < -0.3 is 10.1 Å². The number of hydrogen-bond donors (Lipinski definition) is 1. The van der Waals surface area contributed by atoms with Crippen molar-refractivity contribution in [2.75, 3.05) is 0 Å². The van der Waals surface area contributed by atoms with Gasteiger partial charge in [0.05, 0.1) is 0 Å². The molecule has 3 unspecified atom stereocenters. The van der Waals surface area contributed by atoms with Gasteiger partial charge in [0.2, 0.25) is 0 Å². The summed E-state index contributed by atoms with van der Waals surface area (Å²) >= 11 is 0. The van der Waals surface area contributed by atoms with Crippen molar-refractivity contribution in [1.82, 2.24) is 5.32 Å². The summed E-state index contributed by atoms with van der Waals surface area (Å²) in [6.45, 7) is 0. The Labute approximate surface area is 73.0 Å². The Morgan fingerprint density at radius 3 is 3.00 bits per heavy atom. The first-order valence-electron chi connectivity index (χ1n) is 4.78. The molecule has 1 N–H and O–H groups in total. The van der Waals surface area contributed by atoms with E-state index in [0.29, 0.717) is 12.1 Å². The average Bonchev–Trinajstić information content (AvgIpc) is 2.65. The van der Waals surface area contributed by atoms with Crippen molar-refractivity contribution in [3.63, 3.8) is 0 Å². The SMILES string of the molecule is O=CCCCC1NC2C=CC1C2. The first kappa shape index (κ1) is 7.99. The van der Waals surface area contributed by atoms with Gasteiger partial charge in [0.1, 0.15) is 6.29 Å². The van der Waals surface area contributed by atoms with Crippen molar-refractivity contribution in [3.8, 4) is 0 Å². The summed E-state index contributed by atoms with van der Waals surface area (Å²) in [5, 5.41) is 3.55. The quantitative estimate of drug-likeness (QED) is 0.386. The first-order chi connectivity index (χ1) is 5.90. The van der Waals surface area contributed by atoms with Crippen molar-refractivity contribution in [1.29, 1.82) is 0 Å². The molecule has 0 saturated carbocycles. The lowest BCUT2D eigenvalue weighted by Crippen LogP contribution is -2.32. The molecule has 0 aromatic carbocycles. The minimum Gasteiger partial charge on any atom is -0.307 e. The summed E-state index contributed by atoms with van der Waals surface area (Å²) in [5.41, 5.74) is 0. The Morgan fingerprint density at radius 1 is 1.50 bits per heavy atom. The van der Waals surface area contributed by atoms with Gasteiger partial charge in [-0.3, -0.25) is 0 Å². The van der Waals surface area contributed by atoms with Crippen molar-refractivity contribution < 1.29 is 4.79 Å². The van der Waals surface area contributed by atoms with Crippen LogP contribution in [-0.2, 0) is 4.79 Å². The monoisotopic (exact) mass is 165 g/mol. The zero-order valence-corrected chi connectivity index (χ0v) is 7.20. The van der Waals surface area contributed by atoms with Crippen LogP contribution in [0.15, 0.2) is 12.2 Å². The molecule has 2 rings (SSSR count). The van der Waals surface area contributed by atoms with Crippen LogP contribution in [0.1, 0.15) is 25.7 Å². The van der Waals surface area contributed by atoms with Gasteiger partial charge in [0, 0.05) is 18.5 Å². The summed E-state index contributed by atoms with van der Waals surface area (Å²) in [5.74, 6) is 0.752. The third-order valence-electron chi connectivity index (χ3n) is 2.90. The molecule has 0 spiro atoms. The fourth-order valence-electron chi connectivity index (χ4n) is 2.27. The normalized spacial score (nSPS) is 37.5. The molecule has 1 aliphatic heterocycles. The van der Waals surface area contributed by atoms with Crippen LogP contribution in [-0.4, -0.2) is 18.4 Å². The summed E-state index contributed by atoms with van der Waals surface area (Å²) < 4.78 is 0. The van der Waals surface area contributed by atoms with Gasteiger partial charge in [-0.15, -0.1) is 0 Å². The third kappa shape index (κ3) is 1.44. The van der Waals surface area contributed by atoms with Crippen LogP contribution in [0, 0.1) is 5.92 Å². The summed E-state index contributed by atoms with van der Waals surface area (Å²) in [7, 11) is 0. The number of hydrogen-bond acceptors (Lipinski definition) is 2. The van der Waals surface area contributed by atoms with Gasteiger partial charge in [-0.1, -0.05) is 12.2 Å². The minimum absolute atomic E-state index is 0.635. The Balaban J connectivity index is 1.76. The molecule has 3 atom stereocenters. The number of carbonyl (C=O) groups is 1. The van der Waals surface area contributed by atoms with Crippen LogP contribution < -0.4 is 5.32 Å². The second kappa shape index (κ2) is 3.40. The van der Waals surface area contributed by atoms with E-state index in [1.54, 1.807) is 0 Å². The van der Waals surface area contributed by atoms with Gasteiger partial charge in [-0.2, -0.15) is 0 Å². The Kier molecular flexibility index (Phi) is 2.26. The molecule has 2 heteroatoms. The van der Waals surface area contributed by atoms with Gasteiger partial charge >= 0.3 is 0 Å². The van der Waals surface area contributed by atoms with Gasteiger partial charge in [0.15, 0.2) is 0 Å². The highest BCUT2D eigenvalue weighted by Gasteiger charge is 2.33. The molecule has 12 heavy (non-hydrogen) atoms. The molecule has 1 aliphatic carbocycles. The molecule has 2 aliphatic rings. The number of unbranched alkanes of at least 4 members (excludes halogenated alkanes) is 1. The number of rotatable bonds is 4. The number of aldehydes is 1. The van der Waals surface area contributed by atoms with E-state index in [9.17, 15) is 4.79 Å². The van der Waals surface area contributed by atoms with E-state index in [-0.39, 0.29) is 0 Å². The molecule has 0 radical (unpaired) electrons. The second-order valence-electron chi connectivity index (χ2n) is 3.76. The molecule has 2 nitrogen and oxygen atoms in total. The summed E-state index contributed by atoms with van der Waals surface area (Å²) in [4.78, 5) is 10.1. The predicted octanol–water partition coefficient (Wildman–Crippen LogP) is 1.27. The van der Waals surface area contributed by atoms with Crippen LogP contribution in [0.5, 0.6) is 0 Å². The molecule has 0 amide bonds. The van der Waals surface area contributed by atoms with E-state index in [1.165, 1.54) is 6.42 Å². The Morgan fingerprint density at radius 2 is 2.42 bits per heavy atom. The van der Waals surface area contributed by atoms with Gasteiger partial charge in [0.25, 0.3) is 0 Å². The maximum Gasteiger partial charge on any atom is 0.119 e.